The van der Waals surface area contributed by atoms with Gasteiger partial charge in [-0.25, -0.2) is 9.89 Å². The highest BCUT2D eigenvalue weighted by molar-refractivity contribution is 5.91. The van der Waals surface area contributed by atoms with E-state index < -0.39 is 17.5 Å². The minimum atomic E-state index is -0.547. The van der Waals surface area contributed by atoms with Crippen LogP contribution in [0.3, 0.4) is 0 Å². The molecule has 1 atom stereocenters. The molecule has 3 aromatic rings. The highest BCUT2D eigenvalue weighted by Crippen LogP contribution is 2.27. The third kappa shape index (κ3) is 4.51. The number of benzene rings is 1. The van der Waals surface area contributed by atoms with Crippen molar-refractivity contribution in [1.29, 1.82) is 0 Å². The molecular weight excluding hydrogens is 408 g/mol. The zero-order valence-electron chi connectivity index (χ0n) is 17.5. The minimum absolute atomic E-state index is 0.0308. The second-order valence-corrected chi connectivity index (χ2v) is 7.65. The van der Waals surface area contributed by atoms with E-state index in [1.54, 1.807) is 28.3 Å². The van der Waals surface area contributed by atoms with E-state index in [9.17, 15) is 14.4 Å². The lowest BCUT2D eigenvalue weighted by atomic mass is 9.91. The molecule has 0 aliphatic carbocycles. The topological polar surface area (TPSA) is 115 Å². The van der Waals surface area contributed by atoms with Crippen molar-refractivity contribution in [3.05, 3.63) is 83.3 Å². The van der Waals surface area contributed by atoms with Gasteiger partial charge in [-0.3, -0.25) is 19.6 Å². The number of nitrogens with one attached hydrogen (secondary N) is 2. The summed E-state index contributed by atoms with van der Waals surface area (Å²) in [5.41, 5.74) is 2.42. The van der Waals surface area contributed by atoms with Crippen LogP contribution in [0.2, 0.25) is 0 Å². The summed E-state index contributed by atoms with van der Waals surface area (Å²) in [6, 6.07) is 11.8. The van der Waals surface area contributed by atoms with Gasteiger partial charge in [0.05, 0.1) is 5.92 Å². The summed E-state index contributed by atoms with van der Waals surface area (Å²) in [6.45, 7) is 5.10. The molecule has 1 aromatic carbocycles. The Kier molecular flexibility index (Phi) is 6.25. The summed E-state index contributed by atoms with van der Waals surface area (Å²) >= 11 is 0. The van der Waals surface area contributed by atoms with E-state index in [4.69, 9.17) is 0 Å². The van der Waals surface area contributed by atoms with Crippen LogP contribution in [0.1, 0.15) is 16.2 Å². The van der Waals surface area contributed by atoms with Crippen molar-refractivity contribution in [2.24, 2.45) is 5.92 Å². The lowest BCUT2D eigenvalue weighted by molar-refractivity contribution is -0.134. The quantitative estimate of drug-likeness (QED) is 0.573. The fraction of sp³-hybridized carbons (Fsp3) is 0.261. The van der Waals surface area contributed by atoms with Crippen LogP contribution in [0.15, 0.2) is 66.2 Å². The van der Waals surface area contributed by atoms with Gasteiger partial charge >= 0.3 is 5.69 Å². The summed E-state index contributed by atoms with van der Waals surface area (Å²) in [6.07, 6.45) is 5.65. The van der Waals surface area contributed by atoms with E-state index in [0.29, 0.717) is 26.1 Å². The molecule has 0 radical (unpaired) electrons. The number of aromatic amines is 2. The Balaban J connectivity index is 1.64. The Morgan fingerprint density at radius 3 is 2.75 bits per heavy atom. The summed E-state index contributed by atoms with van der Waals surface area (Å²) in [4.78, 5) is 47.6. The standard InChI is InChI=1S/C23H24N6O3/c1-2-10-28-11-12-29(22(31)20-25-23(32)27-26-20)15-18(21(28)30)13-16-6-3-4-8-19(16)17-7-5-9-24-14-17/h2-9,14,18H,1,10-13,15H2,(H2,25,26,27,32)/t18-/m1/s1. The van der Waals surface area contributed by atoms with Crippen LogP contribution in [0.5, 0.6) is 0 Å². The van der Waals surface area contributed by atoms with Crippen molar-refractivity contribution in [2.75, 3.05) is 26.2 Å². The third-order valence-electron chi connectivity index (χ3n) is 5.54. The Hall–Kier alpha value is -4.01. The number of aromatic nitrogens is 4. The molecule has 4 rings (SSSR count). The molecule has 0 spiro atoms. The first-order chi connectivity index (χ1) is 15.6. The first kappa shape index (κ1) is 21.2. The van der Waals surface area contributed by atoms with E-state index in [2.05, 4.69) is 26.7 Å². The molecule has 32 heavy (non-hydrogen) atoms. The molecule has 0 saturated carbocycles. The van der Waals surface area contributed by atoms with Crippen molar-refractivity contribution in [2.45, 2.75) is 6.42 Å². The zero-order chi connectivity index (χ0) is 22.5. The van der Waals surface area contributed by atoms with Gasteiger partial charge in [0.2, 0.25) is 11.7 Å². The molecule has 9 nitrogen and oxygen atoms in total. The number of rotatable bonds is 6. The second-order valence-electron chi connectivity index (χ2n) is 7.65. The van der Waals surface area contributed by atoms with Gasteiger partial charge in [0.15, 0.2) is 0 Å². The summed E-state index contributed by atoms with van der Waals surface area (Å²) < 4.78 is 0. The normalized spacial score (nSPS) is 16.6. The fourth-order valence-electron chi connectivity index (χ4n) is 4.01. The number of H-pyrrole nitrogens is 2. The van der Waals surface area contributed by atoms with Crippen molar-refractivity contribution < 1.29 is 9.59 Å². The Labute approximate surface area is 184 Å². The largest absolute Gasteiger partial charge is 0.341 e. The van der Waals surface area contributed by atoms with Crippen LogP contribution < -0.4 is 5.69 Å². The molecule has 164 valence electrons. The third-order valence-corrected chi connectivity index (χ3v) is 5.54. The van der Waals surface area contributed by atoms with Crippen molar-refractivity contribution >= 4 is 11.8 Å². The van der Waals surface area contributed by atoms with E-state index in [-0.39, 0.29) is 18.3 Å². The SMILES string of the molecule is C=CCN1CCN(C(=O)c2n[nH]c(=O)[nH]2)C[C@@H](Cc2ccccc2-c2cccnc2)C1=O. The number of carbonyl (C=O) groups excluding carboxylic acids is 2. The molecule has 3 heterocycles. The predicted octanol–water partition coefficient (Wildman–Crippen LogP) is 1.49. The van der Waals surface area contributed by atoms with Crippen LogP contribution in [-0.2, 0) is 11.2 Å². The van der Waals surface area contributed by atoms with Gasteiger partial charge in [-0.2, -0.15) is 0 Å². The van der Waals surface area contributed by atoms with Crippen LogP contribution in [-0.4, -0.2) is 68.0 Å². The Morgan fingerprint density at radius 2 is 2.03 bits per heavy atom. The van der Waals surface area contributed by atoms with E-state index >= 15 is 0 Å². The average molecular weight is 432 g/mol. The zero-order valence-corrected chi connectivity index (χ0v) is 17.5. The molecule has 0 unspecified atom stereocenters. The second kappa shape index (κ2) is 9.42. The predicted molar refractivity (Wildman–Crippen MR) is 119 cm³/mol. The summed E-state index contributed by atoms with van der Waals surface area (Å²) in [7, 11) is 0. The van der Waals surface area contributed by atoms with Crippen LogP contribution in [0.4, 0.5) is 0 Å². The van der Waals surface area contributed by atoms with Gasteiger partial charge in [0, 0.05) is 44.1 Å². The van der Waals surface area contributed by atoms with Gasteiger partial charge < -0.3 is 9.80 Å². The van der Waals surface area contributed by atoms with E-state index in [0.717, 1.165) is 16.7 Å². The van der Waals surface area contributed by atoms with Gasteiger partial charge in [-0.15, -0.1) is 11.7 Å². The molecule has 1 aliphatic rings. The number of carbonyl (C=O) groups is 2. The molecular formula is C23H24N6O3. The highest BCUT2D eigenvalue weighted by Gasteiger charge is 2.33. The maximum absolute atomic E-state index is 13.3. The van der Waals surface area contributed by atoms with E-state index in [1.165, 1.54) is 0 Å². The van der Waals surface area contributed by atoms with Gasteiger partial charge in [-0.05, 0) is 23.6 Å². The monoisotopic (exact) mass is 432 g/mol. The van der Waals surface area contributed by atoms with Gasteiger partial charge in [0.1, 0.15) is 0 Å². The molecule has 1 saturated heterocycles. The molecule has 0 bridgehead atoms. The van der Waals surface area contributed by atoms with Gasteiger partial charge in [-0.1, -0.05) is 36.4 Å². The lowest BCUT2D eigenvalue weighted by Gasteiger charge is -2.24. The van der Waals surface area contributed by atoms with Crippen molar-refractivity contribution in [3.8, 4) is 11.1 Å². The molecule has 2 N–H and O–H groups in total. The van der Waals surface area contributed by atoms with Crippen LogP contribution in [0.25, 0.3) is 11.1 Å². The summed E-state index contributed by atoms with van der Waals surface area (Å²) in [5, 5.41) is 5.97. The summed E-state index contributed by atoms with van der Waals surface area (Å²) in [5.74, 6) is -0.960. The number of nitrogens with zero attached hydrogens (tertiary/aromatic N) is 4. The molecule has 1 fully saturated rings. The molecule has 1 aliphatic heterocycles. The maximum Gasteiger partial charge on any atom is 0.341 e. The molecule has 2 aromatic heterocycles. The van der Waals surface area contributed by atoms with Crippen molar-refractivity contribution in [1.82, 2.24) is 30.0 Å². The Morgan fingerprint density at radius 1 is 1.19 bits per heavy atom. The number of hydrogen-bond donors (Lipinski definition) is 2. The van der Waals surface area contributed by atoms with Gasteiger partial charge in [0.25, 0.3) is 5.91 Å². The first-order valence-corrected chi connectivity index (χ1v) is 10.4. The molecule has 9 heteroatoms. The number of hydrogen-bond acceptors (Lipinski definition) is 5. The minimum Gasteiger partial charge on any atom is -0.337 e. The van der Waals surface area contributed by atoms with E-state index in [1.807, 2.05) is 36.4 Å². The lowest BCUT2D eigenvalue weighted by Crippen LogP contribution is -2.38. The number of pyridine rings is 1. The fourth-order valence-corrected chi connectivity index (χ4v) is 4.01. The Bertz CT molecular complexity index is 1170. The molecule has 2 amide bonds. The highest BCUT2D eigenvalue weighted by atomic mass is 16.2. The van der Waals surface area contributed by atoms with Crippen LogP contribution in [0, 0.1) is 5.92 Å². The van der Waals surface area contributed by atoms with Crippen molar-refractivity contribution in [3.63, 3.8) is 0 Å². The van der Waals surface area contributed by atoms with Crippen LogP contribution >= 0.6 is 0 Å². The first-order valence-electron chi connectivity index (χ1n) is 10.4. The average Bonchev–Trinajstić information content (AvgIpc) is 3.20. The smallest absolute Gasteiger partial charge is 0.337 e. The number of amides is 2. The maximum atomic E-state index is 13.3.